The van der Waals surface area contributed by atoms with Crippen LogP contribution in [0.1, 0.15) is 80.0 Å². The van der Waals surface area contributed by atoms with Gasteiger partial charge in [-0.25, -0.2) is 9.59 Å². The van der Waals surface area contributed by atoms with Crippen molar-refractivity contribution >= 4 is 18.1 Å². The third-order valence-electron chi connectivity index (χ3n) is 6.51. The Morgan fingerprint density at radius 3 is 2.37 bits per heavy atom. The minimum Gasteiger partial charge on any atom is -0.508 e. The predicted molar refractivity (Wildman–Crippen MR) is 158 cm³/mol. The molecule has 0 saturated heterocycles. The van der Waals surface area contributed by atoms with Crippen molar-refractivity contribution in [1.29, 1.82) is 0 Å². The number of carbonyl (C=O) groups is 3. The van der Waals surface area contributed by atoms with Crippen LogP contribution in [0, 0.1) is 13.8 Å². The number of amides is 3. The number of aryl methyl sites for hydroxylation is 2. The number of rotatable bonds is 13. The van der Waals surface area contributed by atoms with E-state index in [-0.39, 0.29) is 18.1 Å². The number of nitrogens with one attached hydrogen (secondary N) is 2. The fourth-order valence-corrected chi connectivity index (χ4v) is 4.57. The van der Waals surface area contributed by atoms with Crippen molar-refractivity contribution in [3.05, 3.63) is 76.4 Å². The van der Waals surface area contributed by atoms with Gasteiger partial charge in [-0.1, -0.05) is 35.5 Å². The molecule has 0 aliphatic carbocycles. The van der Waals surface area contributed by atoms with Crippen LogP contribution in [0.3, 0.4) is 0 Å². The summed E-state index contributed by atoms with van der Waals surface area (Å²) < 4.78 is 16.0. The lowest BCUT2D eigenvalue weighted by Crippen LogP contribution is -2.42. The van der Waals surface area contributed by atoms with E-state index < -0.39 is 35.8 Å². The van der Waals surface area contributed by atoms with Gasteiger partial charge >= 0.3 is 12.2 Å². The number of phenolic OH excluding ortho intramolecular Hbond substituents is 1. The maximum atomic E-state index is 13.5. The first-order chi connectivity index (χ1) is 20.3. The number of benzene rings is 2. The van der Waals surface area contributed by atoms with Crippen molar-refractivity contribution in [3.63, 3.8) is 0 Å². The lowest BCUT2D eigenvalue weighted by molar-refractivity contribution is -0.130. The third kappa shape index (κ3) is 11.0. The average Bonchev–Trinajstić information content (AvgIpc) is 3.36. The highest BCUT2D eigenvalue weighted by molar-refractivity contribution is 5.84. The van der Waals surface area contributed by atoms with Gasteiger partial charge in [-0.3, -0.25) is 4.79 Å². The second-order valence-corrected chi connectivity index (χ2v) is 11.4. The number of alkyl carbamates (subject to hydrolysis) is 1. The van der Waals surface area contributed by atoms with Gasteiger partial charge in [0.2, 0.25) is 5.89 Å². The predicted octanol–water partition coefficient (Wildman–Crippen LogP) is 4.54. The number of carbonyl (C=O) groups excluding carboxylic acids is 3. The minimum absolute atomic E-state index is 0.0440. The van der Waals surface area contributed by atoms with E-state index in [9.17, 15) is 19.5 Å². The molecule has 3 amide bonds. The van der Waals surface area contributed by atoms with E-state index in [4.69, 9.17) is 19.7 Å². The van der Waals surface area contributed by atoms with Crippen molar-refractivity contribution in [2.75, 3.05) is 6.54 Å². The van der Waals surface area contributed by atoms with Crippen LogP contribution in [0.15, 0.2) is 47.0 Å². The average molecular weight is 596 g/mol. The van der Waals surface area contributed by atoms with Gasteiger partial charge in [0.1, 0.15) is 17.4 Å². The van der Waals surface area contributed by atoms with Gasteiger partial charge in [0, 0.05) is 19.4 Å². The summed E-state index contributed by atoms with van der Waals surface area (Å²) in [7, 11) is 0. The Hall–Kier alpha value is -4.61. The molecule has 2 atom stereocenters. The molecule has 5 N–H and O–H groups in total. The van der Waals surface area contributed by atoms with Gasteiger partial charge in [-0.05, 0) is 88.3 Å². The normalized spacial score (nSPS) is 12.7. The first-order valence-corrected chi connectivity index (χ1v) is 14.2. The van der Waals surface area contributed by atoms with E-state index in [1.54, 1.807) is 46.8 Å². The maximum Gasteiger partial charge on any atom is 0.407 e. The number of unbranched alkanes of at least 4 members (excludes halogenated alkanes) is 1. The summed E-state index contributed by atoms with van der Waals surface area (Å²) in [6.45, 7) is 9.32. The van der Waals surface area contributed by atoms with E-state index in [0.717, 1.165) is 22.3 Å². The molecule has 1 heterocycles. The molecule has 3 aromatic rings. The molecule has 12 heteroatoms. The molecule has 2 aromatic carbocycles. The smallest absolute Gasteiger partial charge is 0.407 e. The number of aromatic hydroxyl groups is 1. The zero-order valence-electron chi connectivity index (χ0n) is 25.3. The molecule has 43 heavy (non-hydrogen) atoms. The summed E-state index contributed by atoms with van der Waals surface area (Å²) in [6, 6.07) is 12.1. The van der Waals surface area contributed by atoms with Gasteiger partial charge in [0.05, 0.1) is 0 Å². The highest BCUT2D eigenvalue weighted by atomic mass is 16.6. The molecular formula is C31H41N5O7. The first-order valence-electron chi connectivity index (χ1n) is 14.2. The molecule has 0 radical (unpaired) electrons. The van der Waals surface area contributed by atoms with E-state index in [1.165, 1.54) is 0 Å². The van der Waals surface area contributed by atoms with Crippen molar-refractivity contribution < 1.29 is 33.5 Å². The Kier molecular flexibility index (Phi) is 11.5. The molecule has 0 fully saturated rings. The topological polar surface area (TPSA) is 179 Å². The number of ether oxygens (including phenoxy) is 2. The first kappa shape index (κ1) is 32.9. The fourth-order valence-electron chi connectivity index (χ4n) is 4.57. The van der Waals surface area contributed by atoms with E-state index in [1.807, 2.05) is 30.3 Å². The highest BCUT2D eigenvalue weighted by Crippen LogP contribution is 2.24. The SMILES string of the molecule is Cc1cc(O)cc(C)c1C[C@@H](OC(N)=O)C(=O)N[C@H](CCCCNC(=O)OC(C)(C)C)c1nc(Cc2ccccc2)no1. The van der Waals surface area contributed by atoms with Crippen LogP contribution >= 0.6 is 0 Å². The molecular weight excluding hydrogens is 554 g/mol. The van der Waals surface area contributed by atoms with Crippen molar-refractivity contribution in [3.8, 4) is 5.75 Å². The summed E-state index contributed by atoms with van der Waals surface area (Å²) in [4.78, 5) is 41.7. The Morgan fingerprint density at radius 2 is 1.74 bits per heavy atom. The van der Waals surface area contributed by atoms with Gasteiger partial charge in [0.25, 0.3) is 5.91 Å². The summed E-state index contributed by atoms with van der Waals surface area (Å²) in [5.41, 5.74) is 7.92. The van der Waals surface area contributed by atoms with Crippen LogP contribution in [0.2, 0.25) is 0 Å². The van der Waals surface area contributed by atoms with Crippen LogP contribution in [0.4, 0.5) is 9.59 Å². The molecule has 0 unspecified atom stereocenters. The summed E-state index contributed by atoms with van der Waals surface area (Å²) in [5.74, 6) is 0.159. The molecule has 0 saturated carbocycles. The lowest BCUT2D eigenvalue weighted by Gasteiger charge is -2.22. The Balaban J connectivity index is 1.74. The number of phenols is 1. The Morgan fingerprint density at radius 1 is 1.07 bits per heavy atom. The second kappa shape index (κ2) is 15.0. The van der Waals surface area contributed by atoms with Crippen molar-refractivity contribution in [1.82, 2.24) is 20.8 Å². The molecule has 0 bridgehead atoms. The standard InChI is InChI=1S/C31H41N5O7/c1-19-15-22(37)16-20(2)23(19)18-25(41-29(32)39)27(38)34-24(13-9-10-14-33-30(40)42-31(3,4)5)28-35-26(36-43-28)17-21-11-7-6-8-12-21/h6-8,11-12,15-16,24-25,37H,9-10,13-14,17-18H2,1-5H3,(H2,32,39)(H,33,40)(H,34,38)/t24-,25-/m1/s1. The molecule has 0 spiro atoms. The molecule has 3 rings (SSSR count). The van der Waals surface area contributed by atoms with Crippen LogP contribution in [-0.2, 0) is 27.1 Å². The third-order valence-corrected chi connectivity index (χ3v) is 6.51. The number of nitrogens with zero attached hydrogens (tertiary/aromatic N) is 2. The van der Waals surface area contributed by atoms with Crippen molar-refractivity contribution in [2.24, 2.45) is 5.73 Å². The number of nitrogens with two attached hydrogens (primary N) is 1. The Labute approximate surface area is 251 Å². The highest BCUT2D eigenvalue weighted by Gasteiger charge is 2.29. The van der Waals surface area contributed by atoms with E-state index >= 15 is 0 Å². The molecule has 0 aliphatic rings. The zero-order chi connectivity index (χ0) is 31.6. The van der Waals surface area contributed by atoms with Gasteiger partial charge in [-0.15, -0.1) is 0 Å². The second-order valence-electron chi connectivity index (χ2n) is 11.4. The molecule has 1 aromatic heterocycles. The number of aromatic nitrogens is 2. The largest absolute Gasteiger partial charge is 0.508 e. The van der Waals surface area contributed by atoms with Crippen LogP contribution in [0.25, 0.3) is 0 Å². The summed E-state index contributed by atoms with van der Waals surface area (Å²) in [6.07, 6.45) is -0.802. The number of hydrogen-bond acceptors (Lipinski definition) is 9. The molecule has 0 aliphatic heterocycles. The maximum absolute atomic E-state index is 13.5. The quantitative estimate of drug-likeness (QED) is 0.206. The fraction of sp³-hybridized carbons (Fsp3) is 0.452. The summed E-state index contributed by atoms with van der Waals surface area (Å²) >= 11 is 0. The van der Waals surface area contributed by atoms with Crippen molar-refractivity contribution in [2.45, 2.75) is 84.5 Å². The number of hydrogen-bond donors (Lipinski definition) is 4. The Bertz CT molecular complexity index is 1360. The van der Waals surface area contributed by atoms with Gasteiger partial charge < -0.3 is 35.5 Å². The van der Waals surface area contributed by atoms with Crippen LogP contribution < -0.4 is 16.4 Å². The van der Waals surface area contributed by atoms with E-state index in [0.29, 0.717) is 38.1 Å². The minimum atomic E-state index is -1.25. The van der Waals surface area contributed by atoms with E-state index in [2.05, 4.69) is 20.8 Å². The lowest BCUT2D eigenvalue weighted by atomic mass is 9.96. The molecule has 12 nitrogen and oxygen atoms in total. The van der Waals surface area contributed by atoms with Crippen LogP contribution in [-0.4, -0.2) is 51.6 Å². The monoisotopic (exact) mass is 595 g/mol. The summed E-state index contributed by atoms with van der Waals surface area (Å²) in [5, 5.41) is 19.6. The number of primary amides is 1. The van der Waals surface area contributed by atoms with Gasteiger partial charge in [-0.2, -0.15) is 4.98 Å². The van der Waals surface area contributed by atoms with Gasteiger partial charge in [0.15, 0.2) is 11.9 Å². The molecule has 232 valence electrons. The van der Waals surface area contributed by atoms with Crippen LogP contribution in [0.5, 0.6) is 5.75 Å². The zero-order valence-corrected chi connectivity index (χ0v) is 25.3.